The summed E-state index contributed by atoms with van der Waals surface area (Å²) in [5.74, 6) is 2.33. The van der Waals surface area contributed by atoms with E-state index in [1.807, 2.05) is 38.1 Å². The van der Waals surface area contributed by atoms with Crippen LogP contribution in [0.5, 0.6) is 0 Å². The minimum atomic E-state index is -0.571. The van der Waals surface area contributed by atoms with Gasteiger partial charge in [0.25, 0.3) is 5.89 Å². The van der Waals surface area contributed by atoms with E-state index in [1.165, 1.54) is 0 Å². The Morgan fingerprint density at radius 3 is 1.79 bits per heavy atom. The number of carbonyl (C=O) groups is 1. The average molecular weight is 725 g/mol. The normalized spacial score (nSPS) is 15.2. The second-order valence-electron chi connectivity index (χ2n) is 13.4. The zero-order valence-electron chi connectivity index (χ0n) is 30.4. The van der Waals surface area contributed by atoms with Crippen molar-refractivity contribution < 1.29 is 22.9 Å². The van der Waals surface area contributed by atoms with Crippen LogP contribution in [0.1, 0.15) is 108 Å². The number of anilines is 2. The molecular weight excluding hydrogens is 682 g/mol. The number of hydrogen-bond donors (Lipinski definition) is 3. The van der Waals surface area contributed by atoms with Gasteiger partial charge in [-0.15, -0.1) is 0 Å². The molecule has 13 nitrogen and oxygen atoms in total. The molecule has 5 aromatic rings. The third-order valence-corrected chi connectivity index (χ3v) is 8.88. The molecule has 276 valence electrons. The first kappa shape index (κ1) is 36.9. The molecule has 0 amide bonds. The van der Waals surface area contributed by atoms with E-state index in [0.29, 0.717) is 46.2 Å². The van der Waals surface area contributed by atoms with Gasteiger partial charge in [-0.3, -0.25) is 0 Å². The molecule has 2 fully saturated rings. The molecule has 7 rings (SSSR count). The van der Waals surface area contributed by atoms with Crippen molar-refractivity contribution in [3.63, 3.8) is 0 Å². The molecule has 53 heavy (non-hydrogen) atoms. The molecule has 0 spiro atoms. The van der Waals surface area contributed by atoms with Crippen molar-refractivity contribution in [3.05, 3.63) is 106 Å². The number of carbonyl (C=O) groups excluding carboxylic acids is 1. The van der Waals surface area contributed by atoms with Crippen molar-refractivity contribution in [3.8, 4) is 11.5 Å². The van der Waals surface area contributed by atoms with Crippen molar-refractivity contribution in [1.82, 2.24) is 30.1 Å². The smallest absolute Gasteiger partial charge is 0.365 e. The maximum atomic E-state index is 14.2. The number of amidine groups is 1. The zero-order valence-corrected chi connectivity index (χ0v) is 30.4. The summed E-state index contributed by atoms with van der Waals surface area (Å²) >= 11 is 0. The number of benzene rings is 2. The van der Waals surface area contributed by atoms with Crippen LogP contribution < -0.4 is 16.4 Å². The van der Waals surface area contributed by atoms with Crippen molar-refractivity contribution in [2.24, 2.45) is 16.8 Å². The number of nitrogens with two attached hydrogens (primary N) is 1. The molecule has 0 bridgehead atoms. The van der Waals surface area contributed by atoms with Gasteiger partial charge in [0.15, 0.2) is 29.1 Å². The molecule has 0 unspecified atom stereocenters. The lowest BCUT2D eigenvalue weighted by atomic mass is 10.1. The van der Waals surface area contributed by atoms with E-state index < -0.39 is 17.6 Å². The first-order chi connectivity index (χ1) is 25.4. The van der Waals surface area contributed by atoms with Gasteiger partial charge < -0.3 is 25.7 Å². The Hall–Kier alpha value is -5.86. The van der Waals surface area contributed by atoms with Gasteiger partial charge in [-0.25, -0.2) is 33.5 Å². The lowest BCUT2D eigenvalue weighted by Gasteiger charge is -2.16. The summed E-state index contributed by atoms with van der Waals surface area (Å²) in [6.45, 7) is 10.5. The van der Waals surface area contributed by atoms with E-state index in [-0.39, 0.29) is 29.6 Å². The number of nitrogens with zero attached hydrogens (tertiary/aromatic N) is 7. The van der Waals surface area contributed by atoms with Gasteiger partial charge in [0.1, 0.15) is 17.5 Å². The van der Waals surface area contributed by atoms with E-state index in [4.69, 9.17) is 15.1 Å². The Balaban J connectivity index is 0.000000181. The van der Waals surface area contributed by atoms with Gasteiger partial charge in [-0.2, -0.15) is 4.98 Å². The van der Waals surface area contributed by atoms with Crippen molar-refractivity contribution in [2.45, 2.75) is 85.2 Å². The molecule has 2 atom stereocenters. The molecule has 15 heteroatoms. The third-order valence-electron chi connectivity index (χ3n) is 8.88. The summed E-state index contributed by atoms with van der Waals surface area (Å²) in [6, 6.07) is 14.3. The van der Waals surface area contributed by atoms with Crippen LogP contribution in [-0.4, -0.2) is 41.9 Å². The highest BCUT2D eigenvalue weighted by Crippen LogP contribution is 2.39. The maximum Gasteiger partial charge on any atom is 0.365 e. The Morgan fingerprint density at radius 1 is 0.792 bits per heavy atom. The van der Waals surface area contributed by atoms with Crippen LogP contribution >= 0.6 is 0 Å². The van der Waals surface area contributed by atoms with Crippen LogP contribution in [0.25, 0.3) is 11.5 Å². The molecule has 0 aliphatic heterocycles. The predicted molar refractivity (Wildman–Crippen MR) is 195 cm³/mol. The SMILES string of the molecule is Cc1nc(C)c(F)c(N[C@@H](C)c2ccc(-c3nc(C4CC4)no3)cc2)n1.Cc1nc(C)c(F)c(N[C@@H](C)c2ccc(C(=O)O/N=C(\N)C3CC3)cc2)n1. The van der Waals surface area contributed by atoms with Gasteiger partial charge in [-0.1, -0.05) is 34.6 Å². The van der Waals surface area contributed by atoms with E-state index in [1.54, 1.807) is 52.0 Å². The quantitative estimate of drug-likeness (QED) is 0.0527. The summed E-state index contributed by atoms with van der Waals surface area (Å²) in [6.07, 6.45) is 4.25. The molecule has 3 aromatic heterocycles. The number of halogens is 2. The number of nitrogens with one attached hydrogen (secondary N) is 2. The number of rotatable bonds is 11. The molecular formula is C38H42F2N10O3. The fraction of sp³-hybridized carbons (Fsp3) is 0.368. The van der Waals surface area contributed by atoms with Crippen LogP contribution in [0.2, 0.25) is 0 Å². The van der Waals surface area contributed by atoms with Crippen molar-refractivity contribution >= 4 is 23.4 Å². The van der Waals surface area contributed by atoms with Gasteiger partial charge in [0, 0.05) is 17.4 Å². The summed E-state index contributed by atoms with van der Waals surface area (Å²) in [7, 11) is 0. The summed E-state index contributed by atoms with van der Waals surface area (Å²) in [5.41, 5.74) is 9.43. The Bertz CT molecular complexity index is 2110. The highest BCUT2D eigenvalue weighted by atomic mass is 19.1. The molecule has 2 aliphatic carbocycles. The molecule has 3 heterocycles. The van der Waals surface area contributed by atoms with Crippen molar-refractivity contribution in [2.75, 3.05) is 10.6 Å². The molecule has 0 saturated heterocycles. The molecule has 2 aliphatic rings. The molecule has 4 N–H and O–H groups in total. The lowest BCUT2D eigenvalue weighted by Crippen LogP contribution is -2.16. The topological polar surface area (TPSA) is 179 Å². The van der Waals surface area contributed by atoms with Crippen molar-refractivity contribution in [1.29, 1.82) is 0 Å². The largest absolute Gasteiger partial charge is 0.384 e. The highest BCUT2D eigenvalue weighted by molar-refractivity contribution is 5.91. The summed E-state index contributed by atoms with van der Waals surface area (Å²) in [5, 5.41) is 13.9. The minimum Gasteiger partial charge on any atom is -0.384 e. The number of hydrogen-bond acceptors (Lipinski definition) is 12. The summed E-state index contributed by atoms with van der Waals surface area (Å²) in [4.78, 5) is 37.6. The first-order valence-corrected chi connectivity index (χ1v) is 17.5. The van der Waals surface area contributed by atoms with E-state index in [2.05, 4.69) is 45.9 Å². The Kier molecular flexibility index (Phi) is 11.0. The number of oxime groups is 1. The highest BCUT2D eigenvalue weighted by Gasteiger charge is 2.29. The van der Waals surface area contributed by atoms with Gasteiger partial charge in [-0.05, 0) is 103 Å². The van der Waals surface area contributed by atoms with E-state index in [0.717, 1.165) is 48.2 Å². The zero-order chi connectivity index (χ0) is 37.8. The predicted octanol–water partition coefficient (Wildman–Crippen LogP) is 7.58. The summed E-state index contributed by atoms with van der Waals surface area (Å²) < 4.78 is 33.7. The second kappa shape index (κ2) is 15.8. The van der Waals surface area contributed by atoms with E-state index >= 15 is 0 Å². The van der Waals surface area contributed by atoms with Crippen LogP contribution in [0.3, 0.4) is 0 Å². The Labute approximate surface area is 305 Å². The van der Waals surface area contributed by atoms with Crippen LogP contribution in [0.15, 0.2) is 58.2 Å². The molecule has 0 radical (unpaired) electrons. The second-order valence-corrected chi connectivity index (χ2v) is 13.4. The van der Waals surface area contributed by atoms with Crippen LogP contribution in [0.4, 0.5) is 20.4 Å². The molecule has 2 saturated carbocycles. The first-order valence-electron chi connectivity index (χ1n) is 17.5. The number of aromatic nitrogens is 6. The van der Waals surface area contributed by atoms with Crippen LogP contribution in [0, 0.1) is 45.2 Å². The average Bonchev–Trinajstić information content (AvgIpc) is 4.10. The minimum absolute atomic E-state index is 0.114. The van der Waals surface area contributed by atoms with Crippen LogP contribution in [-0.2, 0) is 4.84 Å². The number of aryl methyl sites for hydroxylation is 4. The fourth-order valence-electron chi connectivity index (χ4n) is 5.45. The van der Waals surface area contributed by atoms with Gasteiger partial charge >= 0.3 is 5.97 Å². The van der Waals surface area contributed by atoms with Gasteiger partial charge in [0.2, 0.25) is 0 Å². The molecule has 2 aromatic carbocycles. The third kappa shape index (κ3) is 9.33. The maximum absolute atomic E-state index is 14.2. The Morgan fingerprint density at radius 2 is 1.30 bits per heavy atom. The monoisotopic (exact) mass is 724 g/mol. The standard InChI is InChI=1S/C19H22FN5O2.C19H20FN5O/c1-10(23-18-16(20)11(2)22-12(3)24-18)13-4-8-15(9-5-13)19(26)27-25-17(21)14-6-7-14;1-10(22-18-16(20)11(2)21-12(3)23-18)13-4-8-15(9-5-13)19-24-17(25-26-19)14-6-7-14/h4-5,8-10,14H,6-7H2,1-3H3,(H2,21,25)(H,22,23,24);4-5,8-10,14H,6-7H2,1-3H3,(H,21,22,23)/t2*10-/m00/s1. The van der Waals surface area contributed by atoms with E-state index in [9.17, 15) is 13.6 Å². The fourth-order valence-corrected chi connectivity index (χ4v) is 5.45. The lowest BCUT2D eigenvalue weighted by molar-refractivity contribution is 0.0514. The van der Waals surface area contributed by atoms with Gasteiger partial charge in [0.05, 0.1) is 29.0 Å².